The fourth-order valence-electron chi connectivity index (χ4n) is 1.47. The fraction of sp³-hybridized carbons (Fsp3) is 0.583. The van der Waals surface area contributed by atoms with Gasteiger partial charge in [0.1, 0.15) is 0 Å². The molecule has 1 aromatic heterocycles. The summed E-state index contributed by atoms with van der Waals surface area (Å²) in [5, 5.41) is 5.09. The summed E-state index contributed by atoms with van der Waals surface area (Å²) in [6.07, 6.45) is 3.66. The molecule has 1 aromatic rings. The second kappa shape index (κ2) is 6.62. The van der Waals surface area contributed by atoms with Gasteiger partial charge in [0, 0.05) is 23.8 Å². The Morgan fingerprint density at radius 2 is 2.40 bits per heavy atom. The molecule has 0 fully saturated rings. The fourth-order valence-corrected chi connectivity index (χ4v) is 2.30. The number of rotatable bonds is 6. The van der Waals surface area contributed by atoms with Gasteiger partial charge in [-0.2, -0.15) is 0 Å². The van der Waals surface area contributed by atoms with Gasteiger partial charge >= 0.3 is 0 Å². The topological polar surface area (TPSA) is 29.1 Å². The highest BCUT2D eigenvalue weighted by atomic mass is 32.1. The van der Waals surface area contributed by atoms with Gasteiger partial charge in [-0.25, -0.2) is 0 Å². The highest BCUT2D eigenvalue weighted by molar-refractivity contribution is 7.09. The minimum absolute atomic E-state index is 0.181. The van der Waals surface area contributed by atoms with Gasteiger partial charge in [-0.1, -0.05) is 19.4 Å². The molecule has 0 bridgehead atoms. The molecule has 1 atom stereocenters. The summed E-state index contributed by atoms with van der Waals surface area (Å²) in [7, 11) is 0. The van der Waals surface area contributed by atoms with Gasteiger partial charge in [-0.15, -0.1) is 11.3 Å². The smallest absolute Gasteiger partial charge is 0.220 e. The molecule has 3 heteroatoms. The molecule has 1 rings (SSSR count). The molecule has 2 nitrogen and oxygen atoms in total. The third-order valence-corrected chi connectivity index (χ3v) is 3.15. The van der Waals surface area contributed by atoms with Gasteiger partial charge in [-0.05, 0) is 24.8 Å². The normalized spacial score (nSPS) is 12.4. The molecule has 0 saturated carbocycles. The first kappa shape index (κ1) is 12.2. The van der Waals surface area contributed by atoms with Crippen LogP contribution in [0.15, 0.2) is 17.5 Å². The third kappa shape index (κ3) is 4.98. The maximum Gasteiger partial charge on any atom is 0.220 e. The van der Waals surface area contributed by atoms with Crippen LogP contribution in [0.5, 0.6) is 0 Å². The quantitative estimate of drug-likeness (QED) is 0.792. The van der Waals surface area contributed by atoms with Crippen LogP contribution in [-0.2, 0) is 11.2 Å². The van der Waals surface area contributed by atoms with Crippen LogP contribution in [0.3, 0.4) is 0 Å². The van der Waals surface area contributed by atoms with E-state index >= 15 is 0 Å². The van der Waals surface area contributed by atoms with E-state index in [4.69, 9.17) is 0 Å². The molecule has 1 heterocycles. The van der Waals surface area contributed by atoms with Gasteiger partial charge in [-0.3, -0.25) is 4.79 Å². The number of thiophene rings is 1. The van der Waals surface area contributed by atoms with E-state index < -0.39 is 0 Å². The molecule has 0 aliphatic heterocycles. The molecule has 0 spiro atoms. The van der Waals surface area contributed by atoms with Crippen LogP contribution in [0.25, 0.3) is 0 Å². The number of nitrogens with one attached hydrogen (secondary N) is 1. The molecular formula is C12H19NOS. The maximum absolute atomic E-state index is 11.4. The summed E-state index contributed by atoms with van der Waals surface area (Å²) < 4.78 is 0. The van der Waals surface area contributed by atoms with E-state index in [0.29, 0.717) is 6.42 Å². The molecule has 0 unspecified atom stereocenters. The van der Waals surface area contributed by atoms with Crippen LogP contribution in [0, 0.1) is 0 Å². The second-order valence-corrected chi connectivity index (χ2v) is 4.89. The first-order valence-corrected chi connectivity index (χ1v) is 6.42. The average Bonchev–Trinajstić information content (AvgIpc) is 2.67. The van der Waals surface area contributed by atoms with Crippen molar-refractivity contribution in [2.24, 2.45) is 0 Å². The minimum atomic E-state index is 0.181. The second-order valence-electron chi connectivity index (χ2n) is 3.86. The van der Waals surface area contributed by atoms with Crippen molar-refractivity contribution >= 4 is 17.2 Å². The van der Waals surface area contributed by atoms with Crippen molar-refractivity contribution in [3.05, 3.63) is 22.4 Å². The summed E-state index contributed by atoms with van der Waals surface area (Å²) in [6, 6.07) is 4.40. The van der Waals surface area contributed by atoms with Crippen LogP contribution in [0.1, 0.15) is 38.0 Å². The van der Waals surface area contributed by atoms with E-state index in [1.807, 2.05) is 6.07 Å². The zero-order valence-corrected chi connectivity index (χ0v) is 10.3. The van der Waals surface area contributed by atoms with Crippen molar-refractivity contribution < 1.29 is 4.79 Å². The first-order valence-electron chi connectivity index (χ1n) is 5.54. The van der Waals surface area contributed by atoms with Gasteiger partial charge in [0.2, 0.25) is 5.91 Å². The summed E-state index contributed by atoms with van der Waals surface area (Å²) in [5.74, 6) is 0.181. The molecule has 0 aliphatic rings. The Morgan fingerprint density at radius 3 is 3.00 bits per heavy atom. The molecule has 1 N–H and O–H groups in total. The van der Waals surface area contributed by atoms with Gasteiger partial charge < -0.3 is 5.32 Å². The summed E-state index contributed by atoms with van der Waals surface area (Å²) in [5.41, 5.74) is 0. The number of hydrogen-bond donors (Lipinski definition) is 1. The number of unbranched alkanes of at least 4 members (excludes halogenated alkanes) is 1. The summed E-state index contributed by atoms with van der Waals surface area (Å²) in [6.45, 7) is 4.16. The summed E-state index contributed by atoms with van der Waals surface area (Å²) in [4.78, 5) is 12.8. The van der Waals surface area contributed by atoms with Crippen LogP contribution >= 0.6 is 11.3 Å². The first-order chi connectivity index (χ1) is 7.22. The van der Waals surface area contributed by atoms with E-state index in [0.717, 1.165) is 19.3 Å². The largest absolute Gasteiger partial charge is 0.353 e. The summed E-state index contributed by atoms with van der Waals surface area (Å²) >= 11 is 1.74. The number of amides is 1. The van der Waals surface area contributed by atoms with Crippen LogP contribution in [-0.4, -0.2) is 11.9 Å². The van der Waals surface area contributed by atoms with Crippen LogP contribution < -0.4 is 5.32 Å². The Morgan fingerprint density at radius 1 is 1.60 bits per heavy atom. The Labute approximate surface area is 95.7 Å². The Balaban J connectivity index is 2.23. The predicted octanol–water partition coefficient (Wildman–Crippen LogP) is 2.99. The SMILES string of the molecule is CCCCC(=O)N[C@@H](C)Cc1cccs1. The Kier molecular flexibility index (Phi) is 5.40. The lowest BCUT2D eigenvalue weighted by molar-refractivity contribution is -0.121. The Bertz CT molecular complexity index is 282. The molecule has 0 aliphatic carbocycles. The Hall–Kier alpha value is -0.830. The lowest BCUT2D eigenvalue weighted by Crippen LogP contribution is -2.33. The van der Waals surface area contributed by atoms with E-state index in [9.17, 15) is 4.79 Å². The maximum atomic E-state index is 11.4. The van der Waals surface area contributed by atoms with E-state index in [2.05, 4.69) is 30.6 Å². The monoisotopic (exact) mass is 225 g/mol. The number of carbonyl (C=O) groups is 1. The van der Waals surface area contributed by atoms with E-state index in [1.165, 1.54) is 4.88 Å². The zero-order valence-electron chi connectivity index (χ0n) is 9.45. The molecule has 0 saturated heterocycles. The number of hydrogen-bond acceptors (Lipinski definition) is 2. The standard InChI is InChI=1S/C12H19NOS/c1-3-4-7-12(14)13-10(2)9-11-6-5-8-15-11/h5-6,8,10H,3-4,7,9H2,1-2H3,(H,13,14)/t10-/m0/s1. The van der Waals surface area contributed by atoms with Crippen molar-refractivity contribution in [3.8, 4) is 0 Å². The molecule has 84 valence electrons. The van der Waals surface area contributed by atoms with Crippen LogP contribution in [0.2, 0.25) is 0 Å². The van der Waals surface area contributed by atoms with Crippen molar-refractivity contribution in [2.45, 2.75) is 45.6 Å². The molecule has 0 radical (unpaired) electrons. The number of carbonyl (C=O) groups excluding carboxylic acids is 1. The molecule has 0 aromatic carbocycles. The van der Waals surface area contributed by atoms with Crippen molar-refractivity contribution in [1.82, 2.24) is 5.32 Å². The van der Waals surface area contributed by atoms with Gasteiger partial charge in [0.25, 0.3) is 0 Å². The van der Waals surface area contributed by atoms with Gasteiger partial charge in [0.15, 0.2) is 0 Å². The molecular weight excluding hydrogens is 206 g/mol. The minimum Gasteiger partial charge on any atom is -0.353 e. The van der Waals surface area contributed by atoms with E-state index in [1.54, 1.807) is 11.3 Å². The van der Waals surface area contributed by atoms with Gasteiger partial charge in [0.05, 0.1) is 0 Å². The lowest BCUT2D eigenvalue weighted by Gasteiger charge is -2.12. The zero-order chi connectivity index (χ0) is 11.1. The van der Waals surface area contributed by atoms with Crippen LogP contribution in [0.4, 0.5) is 0 Å². The van der Waals surface area contributed by atoms with Crippen molar-refractivity contribution in [3.63, 3.8) is 0 Å². The highest BCUT2D eigenvalue weighted by Gasteiger charge is 2.07. The molecule has 1 amide bonds. The third-order valence-electron chi connectivity index (χ3n) is 2.25. The van der Waals surface area contributed by atoms with Crippen molar-refractivity contribution in [2.75, 3.05) is 0 Å². The highest BCUT2D eigenvalue weighted by Crippen LogP contribution is 2.11. The average molecular weight is 225 g/mol. The van der Waals surface area contributed by atoms with Crippen molar-refractivity contribution in [1.29, 1.82) is 0 Å². The molecule has 15 heavy (non-hydrogen) atoms. The lowest BCUT2D eigenvalue weighted by atomic mass is 10.2. The predicted molar refractivity (Wildman–Crippen MR) is 65.2 cm³/mol. The van der Waals surface area contributed by atoms with E-state index in [-0.39, 0.29) is 11.9 Å².